The Kier molecular flexibility index (Phi) is 6.17. The lowest BCUT2D eigenvalue weighted by molar-refractivity contribution is 0.0680. The number of hydrogen-bond donors (Lipinski definition) is 1. The van der Waals surface area contributed by atoms with Gasteiger partial charge in [-0.05, 0) is 49.6 Å². The largest absolute Gasteiger partial charge is 0.489 e. The fraction of sp³-hybridized carbons (Fsp3) is 0.381. The summed E-state index contributed by atoms with van der Waals surface area (Å²) in [6.07, 6.45) is 3.28. The van der Waals surface area contributed by atoms with Crippen LogP contribution < -0.4 is 10.1 Å². The normalized spacial score (nSPS) is 21.6. The van der Waals surface area contributed by atoms with E-state index in [0.29, 0.717) is 18.7 Å². The van der Waals surface area contributed by atoms with Gasteiger partial charge in [0, 0.05) is 24.2 Å². The number of carbonyl (C=O) groups excluding carboxylic acids is 1. The number of halogens is 1. The quantitative estimate of drug-likeness (QED) is 0.890. The summed E-state index contributed by atoms with van der Waals surface area (Å²) in [5.74, 6) is 0.886. The number of hydrogen-bond acceptors (Lipinski definition) is 3. The van der Waals surface area contributed by atoms with E-state index >= 15 is 0 Å². The molecule has 0 saturated carbocycles. The van der Waals surface area contributed by atoms with E-state index < -0.39 is 0 Å². The molecule has 138 valence electrons. The minimum atomic E-state index is 0. The SMILES string of the molecule is Cl.O=C(c1cccc(OCc2ccccc2)c1)N1C2CCNCC1CC2. The second-order valence-electron chi connectivity index (χ2n) is 6.89. The van der Waals surface area contributed by atoms with Gasteiger partial charge in [-0.1, -0.05) is 36.4 Å². The molecule has 0 aliphatic carbocycles. The fourth-order valence-corrected chi connectivity index (χ4v) is 3.92. The van der Waals surface area contributed by atoms with Crippen LogP contribution in [0.2, 0.25) is 0 Å². The Morgan fingerprint density at radius 2 is 1.85 bits per heavy atom. The average Bonchev–Trinajstić information content (AvgIpc) is 2.93. The van der Waals surface area contributed by atoms with E-state index in [1.165, 1.54) is 0 Å². The van der Waals surface area contributed by atoms with Crippen molar-refractivity contribution < 1.29 is 9.53 Å². The minimum Gasteiger partial charge on any atom is -0.489 e. The number of rotatable bonds is 4. The van der Waals surface area contributed by atoms with Gasteiger partial charge in [-0.15, -0.1) is 12.4 Å². The van der Waals surface area contributed by atoms with Crippen LogP contribution in [0.25, 0.3) is 0 Å². The number of nitrogens with zero attached hydrogens (tertiary/aromatic N) is 1. The second-order valence-corrected chi connectivity index (χ2v) is 6.89. The number of nitrogens with one attached hydrogen (secondary N) is 1. The summed E-state index contributed by atoms with van der Waals surface area (Å²) in [4.78, 5) is 15.2. The molecule has 2 aromatic rings. The maximum absolute atomic E-state index is 13.1. The molecule has 2 saturated heterocycles. The summed E-state index contributed by atoms with van der Waals surface area (Å²) < 4.78 is 5.88. The molecule has 0 radical (unpaired) electrons. The summed E-state index contributed by atoms with van der Waals surface area (Å²) in [6.45, 7) is 2.43. The maximum atomic E-state index is 13.1. The first kappa shape index (κ1) is 18.7. The van der Waals surface area contributed by atoms with Crippen LogP contribution in [0.15, 0.2) is 54.6 Å². The maximum Gasteiger partial charge on any atom is 0.254 e. The summed E-state index contributed by atoms with van der Waals surface area (Å²) >= 11 is 0. The Hall–Kier alpha value is -2.04. The molecule has 4 rings (SSSR count). The van der Waals surface area contributed by atoms with Crippen molar-refractivity contribution in [1.82, 2.24) is 10.2 Å². The van der Waals surface area contributed by atoms with Crippen molar-refractivity contribution in [3.8, 4) is 5.75 Å². The molecular weight excluding hydrogens is 348 g/mol. The van der Waals surface area contributed by atoms with Gasteiger partial charge >= 0.3 is 0 Å². The summed E-state index contributed by atoms with van der Waals surface area (Å²) in [5, 5.41) is 3.45. The fourth-order valence-electron chi connectivity index (χ4n) is 3.92. The van der Waals surface area contributed by atoms with Crippen LogP contribution in [-0.2, 0) is 6.61 Å². The molecule has 1 N–H and O–H groups in total. The number of amides is 1. The predicted octanol–water partition coefficient (Wildman–Crippen LogP) is 3.65. The van der Waals surface area contributed by atoms with Crippen LogP contribution in [0.5, 0.6) is 5.75 Å². The molecule has 2 heterocycles. The summed E-state index contributed by atoms with van der Waals surface area (Å²) in [5.41, 5.74) is 1.85. The minimum absolute atomic E-state index is 0. The van der Waals surface area contributed by atoms with Gasteiger partial charge in [0.25, 0.3) is 5.91 Å². The molecule has 5 heteroatoms. The Bertz CT molecular complexity index is 724. The van der Waals surface area contributed by atoms with Gasteiger partial charge in [0.1, 0.15) is 12.4 Å². The highest BCUT2D eigenvalue weighted by Gasteiger charge is 2.38. The third-order valence-corrected chi connectivity index (χ3v) is 5.22. The van der Waals surface area contributed by atoms with Crippen LogP contribution in [0.3, 0.4) is 0 Å². The smallest absolute Gasteiger partial charge is 0.254 e. The average molecular weight is 373 g/mol. The highest BCUT2D eigenvalue weighted by Crippen LogP contribution is 2.30. The van der Waals surface area contributed by atoms with E-state index in [4.69, 9.17) is 4.74 Å². The molecule has 1 amide bonds. The van der Waals surface area contributed by atoms with Gasteiger partial charge < -0.3 is 15.0 Å². The van der Waals surface area contributed by atoms with E-state index in [1.807, 2.05) is 54.6 Å². The number of benzene rings is 2. The van der Waals surface area contributed by atoms with Gasteiger partial charge in [-0.2, -0.15) is 0 Å². The first-order valence-electron chi connectivity index (χ1n) is 9.11. The lowest BCUT2D eigenvalue weighted by Crippen LogP contribution is -2.42. The highest BCUT2D eigenvalue weighted by atomic mass is 35.5. The van der Waals surface area contributed by atoms with Gasteiger partial charge in [0.15, 0.2) is 0 Å². The van der Waals surface area contributed by atoms with Crippen molar-refractivity contribution in [3.05, 3.63) is 65.7 Å². The first-order chi connectivity index (χ1) is 12.3. The molecular formula is C21H25ClN2O2. The number of fused-ring (bicyclic) bond motifs is 2. The molecule has 26 heavy (non-hydrogen) atoms. The Morgan fingerprint density at radius 1 is 1.04 bits per heavy atom. The molecule has 2 aromatic carbocycles. The molecule has 2 bridgehead atoms. The number of carbonyl (C=O) groups is 1. The Labute approximate surface area is 160 Å². The van der Waals surface area contributed by atoms with E-state index in [0.717, 1.165) is 49.2 Å². The van der Waals surface area contributed by atoms with Crippen molar-refractivity contribution >= 4 is 18.3 Å². The molecule has 4 nitrogen and oxygen atoms in total. The second kappa shape index (κ2) is 8.56. The molecule has 2 unspecified atom stereocenters. The van der Waals surface area contributed by atoms with Crippen molar-refractivity contribution in [1.29, 1.82) is 0 Å². The van der Waals surface area contributed by atoms with Crippen molar-refractivity contribution in [2.24, 2.45) is 0 Å². The molecule has 2 atom stereocenters. The van der Waals surface area contributed by atoms with E-state index in [9.17, 15) is 4.79 Å². The van der Waals surface area contributed by atoms with E-state index in [-0.39, 0.29) is 18.3 Å². The van der Waals surface area contributed by atoms with Crippen LogP contribution in [0.4, 0.5) is 0 Å². The zero-order valence-electron chi connectivity index (χ0n) is 14.8. The van der Waals surface area contributed by atoms with Crippen molar-refractivity contribution in [2.45, 2.75) is 38.0 Å². The lowest BCUT2D eigenvalue weighted by Gasteiger charge is -2.28. The zero-order chi connectivity index (χ0) is 17.1. The number of ether oxygens (including phenoxy) is 1. The van der Waals surface area contributed by atoms with Gasteiger partial charge in [-0.25, -0.2) is 0 Å². The van der Waals surface area contributed by atoms with Crippen LogP contribution >= 0.6 is 12.4 Å². The van der Waals surface area contributed by atoms with E-state index in [1.54, 1.807) is 0 Å². The van der Waals surface area contributed by atoms with Crippen molar-refractivity contribution in [2.75, 3.05) is 13.1 Å². The van der Waals surface area contributed by atoms with Crippen LogP contribution in [0.1, 0.15) is 35.2 Å². The summed E-state index contributed by atoms with van der Waals surface area (Å²) in [7, 11) is 0. The predicted molar refractivity (Wildman–Crippen MR) is 105 cm³/mol. The van der Waals surface area contributed by atoms with Crippen molar-refractivity contribution in [3.63, 3.8) is 0 Å². The Balaban J connectivity index is 0.00000196. The molecule has 2 fully saturated rings. The van der Waals surface area contributed by atoms with Gasteiger partial charge in [0.05, 0.1) is 0 Å². The van der Waals surface area contributed by atoms with Gasteiger partial charge in [0.2, 0.25) is 0 Å². The van der Waals surface area contributed by atoms with E-state index in [2.05, 4.69) is 10.2 Å². The zero-order valence-corrected chi connectivity index (χ0v) is 15.6. The topological polar surface area (TPSA) is 41.6 Å². The first-order valence-corrected chi connectivity index (χ1v) is 9.11. The summed E-state index contributed by atoms with van der Waals surface area (Å²) in [6, 6.07) is 18.4. The van der Waals surface area contributed by atoms with Crippen LogP contribution in [-0.4, -0.2) is 36.0 Å². The molecule has 0 aromatic heterocycles. The third-order valence-electron chi connectivity index (χ3n) is 5.22. The highest BCUT2D eigenvalue weighted by molar-refractivity contribution is 5.95. The molecule has 2 aliphatic rings. The van der Waals surface area contributed by atoms with Crippen LogP contribution in [0, 0.1) is 0 Å². The standard InChI is InChI=1S/C21H24N2O2.ClH/c24-21(23-18-9-10-19(23)14-22-12-11-18)17-7-4-8-20(13-17)25-15-16-5-2-1-3-6-16;/h1-8,13,18-19,22H,9-12,14-15H2;1H. The van der Waals surface area contributed by atoms with Gasteiger partial charge in [-0.3, -0.25) is 4.79 Å². The lowest BCUT2D eigenvalue weighted by atomic mass is 10.1. The molecule has 2 aliphatic heterocycles. The third kappa shape index (κ3) is 4.02. The monoisotopic (exact) mass is 372 g/mol. The molecule has 0 spiro atoms. The Morgan fingerprint density at radius 3 is 2.69 bits per heavy atom.